The van der Waals surface area contributed by atoms with Crippen molar-refractivity contribution in [3.8, 4) is 0 Å². The second-order valence-corrected chi connectivity index (χ2v) is 5.76. The minimum Gasteiger partial charge on any atom is -0.336 e. The lowest BCUT2D eigenvalue weighted by Crippen LogP contribution is -2.08. The van der Waals surface area contributed by atoms with Gasteiger partial charge in [0.2, 0.25) is 0 Å². The Kier molecular flexibility index (Phi) is 4.76. The fourth-order valence-electron chi connectivity index (χ4n) is 1.21. The quantitative estimate of drug-likeness (QED) is 0.631. The van der Waals surface area contributed by atoms with Gasteiger partial charge >= 0.3 is 0 Å². The van der Waals surface area contributed by atoms with E-state index in [2.05, 4.69) is 0 Å². The van der Waals surface area contributed by atoms with Crippen molar-refractivity contribution in [1.29, 1.82) is 0 Å². The molecule has 5 heteroatoms. The first-order valence-electron chi connectivity index (χ1n) is 5.06. The summed E-state index contributed by atoms with van der Waals surface area (Å²) in [7, 11) is -0.929. The predicted molar refractivity (Wildman–Crippen MR) is 63.8 cm³/mol. The van der Waals surface area contributed by atoms with E-state index < -0.39 is 17.5 Å². The van der Waals surface area contributed by atoms with Gasteiger partial charge in [0.05, 0.1) is 4.76 Å². The van der Waals surface area contributed by atoms with Crippen LogP contribution in [0.4, 0.5) is 5.69 Å². The molecule has 1 aromatic carbocycles. The Balaban J connectivity index is 2.83. The van der Waals surface area contributed by atoms with Crippen LogP contribution >= 0.6 is 0 Å². The standard InChI is InChI=1S/C11H16NO3S/c1-9(2)16(15)7-10-4-3-5-11(6-10)12(14)8-13/h3-6,9,13H,7-8H2,1-2H3/q+1. The first kappa shape index (κ1) is 13.0. The summed E-state index contributed by atoms with van der Waals surface area (Å²) in [5.41, 5.74) is 1.24. The Bertz CT molecular complexity index is 404. The predicted octanol–water partition coefficient (Wildman–Crippen LogP) is 1.70. The lowest BCUT2D eigenvalue weighted by atomic mass is 10.2. The highest BCUT2D eigenvalue weighted by Crippen LogP contribution is 2.15. The molecule has 0 fully saturated rings. The number of nitrogens with zero attached hydrogens (tertiary/aromatic N) is 1. The van der Waals surface area contributed by atoms with Crippen molar-refractivity contribution in [3.63, 3.8) is 0 Å². The maximum absolute atomic E-state index is 11.6. The molecule has 0 heterocycles. The van der Waals surface area contributed by atoms with E-state index in [1.165, 1.54) is 0 Å². The fourth-order valence-corrected chi connectivity index (χ4v) is 2.06. The Labute approximate surface area is 97.3 Å². The van der Waals surface area contributed by atoms with Crippen LogP contribution in [0.25, 0.3) is 0 Å². The summed E-state index contributed by atoms with van der Waals surface area (Å²) < 4.78 is 12.1. The van der Waals surface area contributed by atoms with E-state index in [1.807, 2.05) is 19.9 Å². The van der Waals surface area contributed by atoms with Gasteiger partial charge in [0.25, 0.3) is 12.4 Å². The minimum absolute atomic E-state index is 0.102. The van der Waals surface area contributed by atoms with Gasteiger partial charge in [-0.05, 0) is 5.56 Å². The van der Waals surface area contributed by atoms with Gasteiger partial charge in [-0.15, -0.1) is 0 Å². The number of hydrogen-bond acceptors (Lipinski definition) is 3. The van der Waals surface area contributed by atoms with E-state index in [4.69, 9.17) is 5.11 Å². The second kappa shape index (κ2) is 5.86. The topological polar surface area (TPSA) is 57.4 Å². The Morgan fingerprint density at radius 3 is 2.69 bits per heavy atom. The monoisotopic (exact) mass is 242 g/mol. The number of nitroso groups, excluding NO2 is 1. The van der Waals surface area contributed by atoms with Gasteiger partial charge in [-0.3, -0.25) is 4.21 Å². The van der Waals surface area contributed by atoms with Gasteiger partial charge < -0.3 is 5.11 Å². The van der Waals surface area contributed by atoms with E-state index in [-0.39, 0.29) is 5.25 Å². The zero-order valence-electron chi connectivity index (χ0n) is 9.42. The van der Waals surface area contributed by atoms with Crippen molar-refractivity contribution in [1.82, 2.24) is 0 Å². The summed E-state index contributed by atoms with van der Waals surface area (Å²) in [6.45, 7) is 3.22. The van der Waals surface area contributed by atoms with Gasteiger partial charge in [0.15, 0.2) is 0 Å². The molecular formula is C11H16NO3S+. The Hall–Kier alpha value is -1.07. The number of aliphatic hydroxyl groups is 1. The summed E-state index contributed by atoms with van der Waals surface area (Å²) in [6, 6.07) is 6.83. The van der Waals surface area contributed by atoms with Crippen molar-refractivity contribution in [2.45, 2.75) is 24.9 Å². The van der Waals surface area contributed by atoms with E-state index in [0.29, 0.717) is 16.2 Å². The molecule has 4 nitrogen and oxygen atoms in total. The van der Waals surface area contributed by atoms with Crippen LogP contribution in [-0.2, 0) is 16.6 Å². The maximum atomic E-state index is 11.6. The summed E-state index contributed by atoms with van der Waals surface area (Å²) >= 11 is 0. The number of aliphatic hydroxyl groups excluding tert-OH is 1. The molecule has 1 rings (SSSR count). The molecular weight excluding hydrogens is 226 g/mol. The number of benzene rings is 1. The molecule has 0 aliphatic carbocycles. The Morgan fingerprint density at radius 2 is 2.12 bits per heavy atom. The molecule has 0 aliphatic rings. The van der Waals surface area contributed by atoms with Gasteiger partial charge in [-0.25, -0.2) is 0 Å². The van der Waals surface area contributed by atoms with E-state index >= 15 is 0 Å². The molecule has 0 spiro atoms. The molecule has 1 aromatic rings. The highest BCUT2D eigenvalue weighted by molar-refractivity contribution is 7.84. The molecule has 1 unspecified atom stereocenters. The van der Waals surface area contributed by atoms with Crippen LogP contribution in [0.3, 0.4) is 0 Å². The zero-order chi connectivity index (χ0) is 12.1. The molecule has 0 saturated carbocycles. The molecule has 0 bridgehead atoms. The van der Waals surface area contributed by atoms with Crippen molar-refractivity contribution >= 4 is 16.5 Å². The SMILES string of the molecule is CC(C)S(=O)Cc1cccc([N+](=O)CO)c1. The first-order valence-corrected chi connectivity index (χ1v) is 6.44. The third kappa shape index (κ3) is 3.50. The fraction of sp³-hybridized carbons (Fsp3) is 0.455. The van der Waals surface area contributed by atoms with Crippen molar-refractivity contribution in [3.05, 3.63) is 34.7 Å². The molecule has 16 heavy (non-hydrogen) atoms. The van der Waals surface area contributed by atoms with Crippen molar-refractivity contribution in [2.75, 3.05) is 6.73 Å². The third-order valence-corrected chi connectivity index (χ3v) is 3.83. The molecule has 1 atom stereocenters. The summed E-state index contributed by atoms with van der Waals surface area (Å²) in [4.78, 5) is 11.2. The first-order chi connectivity index (χ1) is 7.54. The Morgan fingerprint density at radius 1 is 1.44 bits per heavy atom. The largest absolute Gasteiger partial charge is 0.336 e. The average molecular weight is 242 g/mol. The molecule has 0 aromatic heterocycles. The van der Waals surface area contributed by atoms with Gasteiger partial charge in [0, 0.05) is 38.8 Å². The minimum atomic E-state index is -0.929. The van der Waals surface area contributed by atoms with Gasteiger partial charge in [-0.2, -0.15) is 0 Å². The molecule has 88 valence electrons. The van der Waals surface area contributed by atoms with Crippen molar-refractivity contribution < 1.29 is 14.1 Å². The maximum Gasteiger partial charge on any atom is 0.299 e. The van der Waals surface area contributed by atoms with Crippen molar-refractivity contribution in [2.24, 2.45) is 0 Å². The van der Waals surface area contributed by atoms with Crippen LogP contribution in [-0.4, -0.2) is 26.1 Å². The molecule has 0 amide bonds. The van der Waals surface area contributed by atoms with Gasteiger partial charge in [-0.1, -0.05) is 26.0 Å². The third-order valence-electron chi connectivity index (χ3n) is 2.16. The van der Waals surface area contributed by atoms with Crippen LogP contribution in [0.1, 0.15) is 19.4 Å². The second-order valence-electron chi connectivity index (χ2n) is 3.76. The molecule has 0 radical (unpaired) electrons. The molecule has 1 N–H and O–H groups in total. The summed E-state index contributed by atoms with van der Waals surface area (Å²) in [5.74, 6) is 0.435. The van der Waals surface area contributed by atoms with Crippen LogP contribution in [0.15, 0.2) is 24.3 Å². The van der Waals surface area contributed by atoms with E-state index in [0.717, 1.165) is 5.56 Å². The lowest BCUT2D eigenvalue weighted by Gasteiger charge is -2.04. The number of rotatable bonds is 5. The van der Waals surface area contributed by atoms with Crippen LogP contribution in [0.2, 0.25) is 0 Å². The lowest BCUT2D eigenvalue weighted by molar-refractivity contribution is -0.505. The average Bonchev–Trinajstić information content (AvgIpc) is 2.28. The van der Waals surface area contributed by atoms with E-state index in [9.17, 15) is 9.12 Å². The summed E-state index contributed by atoms with van der Waals surface area (Å²) in [6.07, 6.45) is 0. The normalized spacial score (nSPS) is 12.8. The highest BCUT2D eigenvalue weighted by atomic mass is 32.2. The zero-order valence-corrected chi connectivity index (χ0v) is 10.2. The van der Waals surface area contributed by atoms with Gasteiger partial charge in [0.1, 0.15) is 0 Å². The van der Waals surface area contributed by atoms with Crippen LogP contribution in [0.5, 0.6) is 0 Å². The highest BCUT2D eigenvalue weighted by Gasteiger charge is 2.13. The van der Waals surface area contributed by atoms with E-state index in [1.54, 1.807) is 18.2 Å². The van der Waals surface area contributed by atoms with Crippen LogP contribution < -0.4 is 0 Å². The summed E-state index contributed by atoms with van der Waals surface area (Å²) in [5, 5.41) is 8.80. The smallest absolute Gasteiger partial charge is 0.299 e. The number of hydrogen-bond donors (Lipinski definition) is 1. The molecule has 0 saturated heterocycles. The molecule has 0 aliphatic heterocycles. The van der Waals surface area contributed by atoms with Crippen LogP contribution in [0, 0.1) is 4.91 Å².